The molecule has 3 heterocycles. The fraction of sp³-hybridized carbons (Fsp3) is 0.302. The third-order valence-electron chi connectivity index (χ3n) is 10.1. The average Bonchev–Trinajstić information content (AvgIpc) is 3.53. The first-order valence-electron chi connectivity index (χ1n) is 18.0. The molecular formula is C43H43N5O3. The molecule has 0 spiro atoms. The Labute approximate surface area is 299 Å². The first-order valence-corrected chi connectivity index (χ1v) is 18.0. The highest BCUT2D eigenvalue weighted by atomic mass is 16.5. The van der Waals surface area contributed by atoms with Crippen LogP contribution in [0.2, 0.25) is 0 Å². The molecule has 1 unspecified atom stereocenters. The molecule has 51 heavy (non-hydrogen) atoms. The zero-order valence-electron chi connectivity index (χ0n) is 29.1. The van der Waals surface area contributed by atoms with Crippen LogP contribution in [0.4, 0.5) is 0 Å². The van der Waals surface area contributed by atoms with Crippen molar-refractivity contribution >= 4 is 11.8 Å². The van der Waals surface area contributed by atoms with Gasteiger partial charge in [0.15, 0.2) is 0 Å². The van der Waals surface area contributed by atoms with Crippen molar-refractivity contribution in [2.75, 3.05) is 26.3 Å². The van der Waals surface area contributed by atoms with E-state index in [9.17, 15) is 14.9 Å². The van der Waals surface area contributed by atoms with E-state index in [4.69, 9.17) is 9.72 Å². The Morgan fingerprint density at radius 2 is 1.53 bits per heavy atom. The smallest absolute Gasteiger partial charge is 0.245 e. The predicted molar refractivity (Wildman–Crippen MR) is 197 cm³/mol. The Kier molecular flexibility index (Phi) is 10.4. The van der Waals surface area contributed by atoms with Gasteiger partial charge in [-0.15, -0.1) is 0 Å². The summed E-state index contributed by atoms with van der Waals surface area (Å²) in [4.78, 5) is 38.3. The lowest BCUT2D eigenvalue weighted by molar-refractivity contribution is -0.150. The van der Waals surface area contributed by atoms with Crippen molar-refractivity contribution in [1.29, 1.82) is 5.26 Å². The molecule has 2 amide bonds. The van der Waals surface area contributed by atoms with Crippen LogP contribution in [0.25, 0.3) is 11.1 Å². The number of hydrogen-bond acceptors (Lipinski definition) is 5. The molecule has 0 saturated carbocycles. The van der Waals surface area contributed by atoms with Crippen LogP contribution in [0.5, 0.6) is 0 Å². The molecule has 1 atom stereocenters. The van der Waals surface area contributed by atoms with E-state index in [1.165, 1.54) is 0 Å². The van der Waals surface area contributed by atoms with Gasteiger partial charge < -0.3 is 19.1 Å². The van der Waals surface area contributed by atoms with Crippen LogP contribution < -0.4 is 0 Å². The second-order valence-electron chi connectivity index (χ2n) is 13.3. The number of carbonyl (C=O) groups is 2. The van der Waals surface area contributed by atoms with E-state index in [-0.39, 0.29) is 18.4 Å². The number of morpholine rings is 1. The van der Waals surface area contributed by atoms with Gasteiger partial charge in [-0.3, -0.25) is 9.59 Å². The molecule has 7 rings (SSSR count). The number of unbranched alkanes of at least 4 members (excludes halogenated alkanes) is 1. The lowest BCUT2D eigenvalue weighted by Gasteiger charge is -2.40. The maximum atomic E-state index is 14.9. The number of rotatable bonds is 10. The number of amides is 2. The maximum absolute atomic E-state index is 14.9. The van der Waals surface area contributed by atoms with Crippen molar-refractivity contribution < 1.29 is 14.3 Å². The van der Waals surface area contributed by atoms with Gasteiger partial charge in [0.1, 0.15) is 11.9 Å². The highest BCUT2D eigenvalue weighted by molar-refractivity contribution is 5.93. The minimum absolute atomic E-state index is 0.0412. The van der Waals surface area contributed by atoms with Crippen molar-refractivity contribution in [1.82, 2.24) is 19.4 Å². The number of fused-ring (bicyclic) bond motifs is 1. The Morgan fingerprint density at radius 1 is 0.882 bits per heavy atom. The minimum Gasteiger partial charge on any atom is -0.378 e. The van der Waals surface area contributed by atoms with Gasteiger partial charge in [0.25, 0.3) is 0 Å². The summed E-state index contributed by atoms with van der Waals surface area (Å²) in [5.41, 5.74) is 7.33. The molecule has 5 aromatic rings. The zero-order chi connectivity index (χ0) is 35.2. The topological polar surface area (TPSA) is 91.5 Å². The number of imidazole rings is 1. The van der Waals surface area contributed by atoms with Crippen molar-refractivity contribution in [3.8, 4) is 17.2 Å². The highest BCUT2D eigenvalue weighted by Gasteiger charge is 2.42. The Bertz CT molecular complexity index is 1970. The molecule has 0 aliphatic carbocycles. The molecule has 8 heteroatoms. The fourth-order valence-corrected chi connectivity index (χ4v) is 7.41. The van der Waals surface area contributed by atoms with Crippen LogP contribution in [-0.4, -0.2) is 63.5 Å². The number of aromatic nitrogens is 2. The number of nitrogens with zero attached hydrogens (tertiary/aromatic N) is 5. The summed E-state index contributed by atoms with van der Waals surface area (Å²) in [7, 11) is 0. The molecule has 4 aromatic carbocycles. The van der Waals surface area contributed by atoms with E-state index in [0.717, 1.165) is 64.3 Å². The fourth-order valence-electron chi connectivity index (χ4n) is 7.41. The van der Waals surface area contributed by atoms with Crippen LogP contribution in [0, 0.1) is 11.3 Å². The zero-order valence-corrected chi connectivity index (χ0v) is 29.1. The largest absolute Gasteiger partial charge is 0.378 e. The molecule has 2 aliphatic rings. The number of ether oxygens (including phenoxy) is 1. The first-order chi connectivity index (χ1) is 25.1. The summed E-state index contributed by atoms with van der Waals surface area (Å²) in [5.74, 6) is 0.290. The lowest BCUT2D eigenvalue weighted by atomic mass is 9.88. The van der Waals surface area contributed by atoms with Crippen molar-refractivity contribution in [3.63, 3.8) is 0 Å². The second-order valence-corrected chi connectivity index (χ2v) is 13.3. The maximum Gasteiger partial charge on any atom is 0.245 e. The molecule has 1 aromatic heterocycles. The van der Waals surface area contributed by atoms with Gasteiger partial charge >= 0.3 is 0 Å². The van der Waals surface area contributed by atoms with Gasteiger partial charge in [-0.2, -0.15) is 5.26 Å². The van der Waals surface area contributed by atoms with Crippen molar-refractivity contribution in [3.05, 3.63) is 149 Å². The molecule has 1 fully saturated rings. The number of carbonyl (C=O) groups excluding carboxylic acids is 2. The third-order valence-corrected chi connectivity index (χ3v) is 10.1. The molecule has 1 saturated heterocycles. The standard InChI is InChI=1S/C43H43N5O3/c1-2-3-18-40-45-37-30-48(43(50)41(33-12-6-4-7-13-33)34-14-8-5-9-15-34)39(42(49)46-23-25-51-26-24-46)27-38(37)47(40)29-31-19-21-32(22-20-31)36-17-11-10-16-35(36)28-44/h4-17,19-22,39,41H,2-3,18,23-27,29-30H2,1H3. The quantitative estimate of drug-likeness (QED) is 0.163. The summed E-state index contributed by atoms with van der Waals surface area (Å²) in [6.45, 7) is 5.03. The first kappa shape index (κ1) is 34.0. The highest BCUT2D eigenvalue weighted by Crippen LogP contribution is 2.34. The molecule has 0 N–H and O–H groups in total. The normalized spacial score (nSPS) is 15.7. The van der Waals surface area contributed by atoms with Crippen molar-refractivity contribution in [2.24, 2.45) is 0 Å². The van der Waals surface area contributed by atoms with Crippen LogP contribution in [0.15, 0.2) is 109 Å². The van der Waals surface area contributed by atoms with E-state index >= 15 is 0 Å². The SMILES string of the molecule is CCCCc1nc2c(n1Cc1ccc(-c3ccccc3C#N)cc1)CC(C(=O)N1CCOCC1)N(C(=O)C(c1ccccc1)c1ccccc1)C2. The molecule has 0 radical (unpaired) electrons. The van der Waals surface area contributed by atoms with Crippen LogP contribution in [0.3, 0.4) is 0 Å². The predicted octanol–water partition coefficient (Wildman–Crippen LogP) is 6.76. The summed E-state index contributed by atoms with van der Waals surface area (Å²) in [6, 6.07) is 37.3. The number of nitriles is 1. The van der Waals surface area contributed by atoms with Gasteiger partial charge in [0.05, 0.1) is 43.0 Å². The van der Waals surface area contributed by atoms with E-state index < -0.39 is 12.0 Å². The van der Waals surface area contributed by atoms with E-state index in [1.54, 1.807) is 4.90 Å². The monoisotopic (exact) mass is 677 g/mol. The van der Waals surface area contributed by atoms with Crippen molar-refractivity contribution in [2.45, 2.75) is 57.7 Å². The molecule has 0 bridgehead atoms. The van der Waals surface area contributed by atoms with Crippen LogP contribution >= 0.6 is 0 Å². The summed E-state index contributed by atoms with van der Waals surface area (Å²) >= 11 is 0. The van der Waals surface area contributed by atoms with Crippen LogP contribution in [0.1, 0.15) is 65.1 Å². The Morgan fingerprint density at radius 3 is 2.18 bits per heavy atom. The number of benzene rings is 4. The summed E-state index contributed by atoms with van der Waals surface area (Å²) in [5, 5.41) is 9.64. The van der Waals surface area contributed by atoms with Gasteiger partial charge in [-0.25, -0.2) is 4.98 Å². The van der Waals surface area contributed by atoms with Crippen LogP contribution in [-0.2, 0) is 40.3 Å². The third kappa shape index (κ3) is 7.21. The van der Waals surface area contributed by atoms with Gasteiger partial charge in [0, 0.05) is 38.2 Å². The Balaban J connectivity index is 1.26. The van der Waals surface area contributed by atoms with Gasteiger partial charge in [-0.1, -0.05) is 116 Å². The molecule has 258 valence electrons. The average molecular weight is 678 g/mol. The molecule has 8 nitrogen and oxygen atoms in total. The van der Waals surface area contributed by atoms with E-state index in [0.29, 0.717) is 44.8 Å². The van der Waals surface area contributed by atoms with E-state index in [1.807, 2.05) is 89.8 Å². The number of aryl methyl sites for hydroxylation is 1. The Hall–Kier alpha value is -5.52. The van der Waals surface area contributed by atoms with Gasteiger partial charge in [0.2, 0.25) is 11.8 Å². The molecular weight excluding hydrogens is 635 g/mol. The lowest BCUT2D eigenvalue weighted by Crippen LogP contribution is -2.56. The van der Waals surface area contributed by atoms with Gasteiger partial charge in [-0.05, 0) is 40.3 Å². The molecule has 2 aliphatic heterocycles. The minimum atomic E-state index is -0.669. The summed E-state index contributed by atoms with van der Waals surface area (Å²) in [6.07, 6.45) is 3.22. The second kappa shape index (κ2) is 15.6. The van der Waals surface area contributed by atoms with E-state index in [2.05, 4.69) is 41.8 Å². The summed E-state index contributed by atoms with van der Waals surface area (Å²) < 4.78 is 7.88. The number of hydrogen-bond donors (Lipinski definition) is 0.